The van der Waals surface area contributed by atoms with Gasteiger partial charge >= 0.3 is 6.18 Å². The summed E-state index contributed by atoms with van der Waals surface area (Å²) in [7, 11) is 0. The van der Waals surface area contributed by atoms with Crippen molar-refractivity contribution in [1.82, 2.24) is 4.90 Å². The van der Waals surface area contributed by atoms with Gasteiger partial charge in [-0.25, -0.2) is 0 Å². The standard InChI is InChI=1S/C9H13F3N2O2/c1-2-3-7(13)8(16)14(4-5-15)6-9(10,11)12/h1,7,15H,3-6,13H2. The third kappa shape index (κ3) is 5.58. The summed E-state index contributed by atoms with van der Waals surface area (Å²) >= 11 is 0. The molecule has 0 aliphatic rings. The maximum atomic E-state index is 12.1. The highest BCUT2D eigenvalue weighted by molar-refractivity contribution is 5.82. The van der Waals surface area contributed by atoms with Crippen molar-refractivity contribution < 1.29 is 23.1 Å². The van der Waals surface area contributed by atoms with Crippen LogP contribution in [0.15, 0.2) is 0 Å². The highest BCUT2D eigenvalue weighted by Crippen LogP contribution is 2.16. The first-order chi connectivity index (χ1) is 7.31. The second-order valence-corrected chi connectivity index (χ2v) is 3.11. The SMILES string of the molecule is C#CCC(N)C(=O)N(CCO)CC(F)(F)F. The van der Waals surface area contributed by atoms with E-state index in [1.54, 1.807) is 0 Å². The van der Waals surface area contributed by atoms with Crippen molar-refractivity contribution in [3.63, 3.8) is 0 Å². The predicted molar refractivity (Wildman–Crippen MR) is 51.1 cm³/mol. The van der Waals surface area contributed by atoms with E-state index in [4.69, 9.17) is 17.3 Å². The molecule has 0 aromatic rings. The van der Waals surface area contributed by atoms with Crippen LogP contribution in [0.2, 0.25) is 0 Å². The molecule has 0 aromatic carbocycles. The van der Waals surface area contributed by atoms with Crippen molar-refractivity contribution in [2.45, 2.75) is 18.6 Å². The lowest BCUT2D eigenvalue weighted by molar-refractivity contribution is -0.162. The zero-order valence-electron chi connectivity index (χ0n) is 8.50. The molecular weight excluding hydrogens is 225 g/mol. The predicted octanol–water partition coefficient (Wildman–Crippen LogP) is -0.280. The number of nitrogens with two attached hydrogens (primary N) is 1. The van der Waals surface area contributed by atoms with E-state index in [0.717, 1.165) is 0 Å². The fourth-order valence-corrected chi connectivity index (χ4v) is 1.05. The summed E-state index contributed by atoms with van der Waals surface area (Å²) in [6, 6.07) is -1.17. The number of aliphatic hydroxyl groups excluding tert-OH is 1. The number of carbonyl (C=O) groups excluding carboxylic acids is 1. The zero-order valence-corrected chi connectivity index (χ0v) is 8.50. The second-order valence-electron chi connectivity index (χ2n) is 3.11. The van der Waals surface area contributed by atoms with Crippen molar-refractivity contribution in [3.8, 4) is 12.3 Å². The molecular formula is C9H13F3N2O2. The zero-order chi connectivity index (χ0) is 12.8. The number of alkyl halides is 3. The summed E-state index contributed by atoms with van der Waals surface area (Å²) < 4.78 is 36.2. The number of hydrogen-bond acceptors (Lipinski definition) is 3. The average molecular weight is 238 g/mol. The van der Waals surface area contributed by atoms with E-state index in [-0.39, 0.29) is 6.42 Å². The lowest BCUT2D eigenvalue weighted by atomic mass is 10.2. The molecule has 1 unspecified atom stereocenters. The molecule has 0 aliphatic carbocycles. The lowest BCUT2D eigenvalue weighted by Crippen LogP contribution is -2.48. The van der Waals surface area contributed by atoms with Crippen molar-refractivity contribution in [2.75, 3.05) is 19.7 Å². The Balaban J connectivity index is 4.53. The molecule has 92 valence electrons. The van der Waals surface area contributed by atoms with Crippen molar-refractivity contribution in [1.29, 1.82) is 0 Å². The summed E-state index contributed by atoms with van der Waals surface area (Å²) in [5.74, 6) is 1.18. The molecule has 16 heavy (non-hydrogen) atoms. The first-order valence-electron chi connectivity index (χ1n) is 4.47. The molecule has 7 heteroatoms. The van der Waals surface area contributed by atoms with Crippen LogP contribution in [0.25, 0.3) is 0 Å². The fourth-order valence-electron chi connectivity index (χ4n) is 1.05. The number of amides is 1. The van der Waals surface area contributed by atoms with Gasteiger partial charge in [0.25, 0.3) is 0 Å². The maximum absolute atomic E-state index is 12.1. The number of rotatable bonds is 5. The molecule has 4 nitrogen and oxygen atoms in total. The molecule has 0 saturated carbocycles. The van der Waals surface area contributed by atoms with Gasteiger partial charge in [0.2, 0.25) is 5.91 Å². The highest BCUT2D eigenvalue weighted by Gasteiger charge is 2.34. The van der Waals surface area contributed by atoms with Crippen LogP contribution in [0.1, 0.15) is 6.42 Å². The lowest BCUT2D eigenvalue weighted by Gasteiger charge is -2.25. The van der Waals surface area contributed by atoms with Gasteiger partial charge in [-0.05, 0) is 0 Å². The van der Waals surface area contributed by atoms with Gasteiger partial charge in [0.15, 0.2) is 0 Å². The van der Waals surface area contributed by atoms with Crippen LogP contribution in [0, 0.1) is 12.3 Å². The van der Waals surface area contributed by atoms with Gasteiger partial charge < -0.3 is 15.7 Å². The summed E-state index contributed by atoms with van der Waals surface area (Å²) in [5.41, 5.74) is 5.30. The van der Waals surface area contributed by atoms with E-state index in [9.17, 15) is 18.0 Å². The molecule has 0 spiro atoms. The van der Waals surface area contributed by atoms with E-state index in [1.807, 2.05) is 0 Å². The van der Waals surface area contributed by atoms with Crippen LogP contribution in [0.3, 0.4) is 0 Å². The van der Waals surface area contributed by atoms with Crippen LogP contribution in [0.4, 0.5) is 13.2 Å². The maximum Gasteiger partial charge on any atom is 0.406 e. The smallest absolute Gasteiger partial charge is 0.395 e. The number of terminal acetylenes is 1. The minimum absolute atomic E-state index is 0.140. The normalized spacial score (nSPS) is 13.0. The van der Waals surface area contributed by atoms with Crippen LogP contribution in [0.5, 0.6) is 0 Å². The Labute approximate surface area is 91.2 Å². The number of aliphatic hydroxyl groups is 1. The molecule has 0 aliphatic heterocycles. The molecule has 0 aromatic heterocycles. The first-order valence-corrected chi connectivity index (χ1v) is 4.47. The van der Waals surface area contributed by atoms with Crippen LogP contribution >= 0.6 is 0 Å². The fraction of sp³-hybridized carbons (Fsp3) is 0.667. The van der Waals surface area contributed by atoms with Gasteiger partial charge in [-0.2, -0.15) is 13.2 Å². The quantitative estimate of drug-likeness (QED) is 0.647. The molecule has 0 radical (unpaired) electrons. The minimum atomic E-state index is -4.53. The molecule has 0 rings (SSSR count). The number of carbonyl (C=O) groups is 1. The van der Waals surface area contributed by atoms with Gasteiger partial charge in [-0.1, -0.05) is 0 Å². The third-order valence-corrected chi connectivity index (χ3v) is 1.71. The number of nitrogens with zero attached hydrogens (tertiary/aromatic N) is 1. The van der Waals surface area contributed by atoms with Gasteiger partial charge in [-0.3, -0.25) is 4.79 Å². The summed E-state index contributed by atoms with van der Waals surface area (Å²) in [6.45, 7) is -2.42. The number of hydrogen-bond donors (Lipinski definition) is 2. The Morgan fingerprint density at radius 3 is 2.50 bits per heavy atom. The van der Waals surface area contributed by atoms with Crippen molar-refractivity contribution >= 4 is 5.91 Å². The first kappa shape index (κ1) is 14.7. The van der Waals surface area contributed by atoms with Crippen LogP contribution in [-0.2, 0) is 4.79 Å². The summed E-state index contributed by atoms with van der Waals surface area (Å²) in [4.78, 5) is 11.8. The van der Waals surface area contributed by atoms with Crippen molar-refractivity contribution in [2.24, 2.45) is 5.73 Å². The Hall–Kier alpha value is -1.26. The Kier molecular flexibility index (Phi) is 5.85. The molecule has 1 amide bonds. The molecule has 3 N–H and O–H groups in total. The van der Waals surface area contributed by atoms with Gasteiger partial charge in [0.1, 0.15) is 6.54 Å². The van der Waals surface area contributed by atoms with E-state index in [2.05, 4.69) is 5.92 Å². The van der Waals surface area contributed by atoms with Gasteiger partial charge in [0.05, 0.1) is 12.6 Å². The Bertz CT molecular complexity index is 273. The summed E-state index contributed by atoms with van der Waals surface area (Å²) in [6.07, 6.45) is 0.229. The Morgan fingerprint density at radius 2 is 2.12 bits per heavy atom. The van der Waals surface area contributed by atoms with Crippen LogP contribution in [-0.4, -0.2) is 47.8 Å². The van der Waals surface area contributed by atoms with E-state index in [1.165, 1.54) is 0 Å². The topological polar surface area (TPSA) is 66.6 Å². The van der Waals surface area contributed by atoms with Gasteiger partial charge in [-0.15, -0.1) is 12.3 Å². The van der Waals surface area contributed by atoms with E-state index in [0.29, 0.717) is 4.90 Å². The number of halogens is 3. The molecule has 0 bridgehead atoms. The van der Waals surface area contributed by atoms with E-state index < -0.39 is 37.8 Å². The highest BCUT2D eigenvalue weighted by atomic mass is 19.4. The monoisotopic (exact) mass is 238 g/mol. The minimum Gasteiger partial charge on any atom is -0.395 e. The second kappa shape index (κ2) is 6.35. The molecule has 1 atom stereocenters. The van der Waals surface area contributed by atoms with Gasteiger partial charge in [0, 0.05) is 13.0 Å². The summed E-state index contributed by atoms with van der Waals surface area (Å²) in [5, 5.41) is 8.55. The van der Waals surface area contributed by atoms with Crippen LogP contribution < -0.4 is 5.73 Å². The van der Waals surface area contributed by atoms with Crippen molar-refractivity contribution in [3.05, 3.63) is 0 Å². The molecule has 0 fully saturated rings. The third-order valence-electron chi connectivity index (χ3n) is 1.71. The Morgan fingerprint density at radius 1 is 1.56 bits per heavy atom. The molecule has 0 heterocycles. The largest absolute Gasteiger partial charge is 0.406 e. The average Bonchev–Trinajstić information content (AvgIpc) is 2.14. The van der Waals surface area contributed by atoms with E-state index >= 15 is 0 Å². The molecule has 0 saturated heterocycles.